The highest BCUT2D eigenvalue weighted by molar-refractivity contribution is 7.56. The van der Waals surface area contributed by atoms with Crippen LogP contribution < -0.4 is 5.09 Å². The third-order valence-corrected chi connectivity index (χ3v) is 6.45. The van der Waals surface area contributed by atoms with Gasteiger partial charge in [0.15, 0.2) is 0 Å². The minimum absolute atomic E-state index is 0.178. The molecule has 102 valence electrons. The first-order valence-electron chi connectivity index (χ1n) is 6.86. The predicted octanol–water partition coefficient (Wildman–Crippen LogP) is 5.32. The van der Waals surface area contributed by atoms with Crippen LogP contribution in [0.15, 0.2) is 42.5 Å². The molecule has 1 N–H and O–H groups in total. The van der Waals surface area contributed by atoms with Gasteiger partial charge in [-0.05, 0) is 49.2 Å². The highest BCUT2D eigenvalue weighted by Crippen LogP contribution is 2.44. The van der Waals surface area contributed by atoms with Gasteiger partial charge in [0.1, 0.15) is 0 Å². The Morgan fingerprint density at radius 3 is 2.26 bits per heavy atom. The zero-order valence-corrected chi connectivity index (χ0v) is 13.5. The first kappa shape index (κ1) is 14.5. The predicted molar refractivity (Wildman–Crippen MR) is 88.1 cm³/mol. The highest BCUT2D eigenvalue weighted by atomic mass is 31.1. The third-order valence-electron chi connectivity index (χ3n) is 3.67. The summed E-state index contributed by atoms with van der Waals surface area (Å²) in [5.41, 5.74) is 1.37. The summed E-state index contributed by atoms with van der Waals surface area (Å²) < 4.78 is 0. The fraction of sp³-hybridized carbons (Fsp3) is 0.412. The maximum Gasteiger partial charge on any atom is 0.0328 e. The van der Waals surface area contributed by atoms with Crippen LogP contribution in [0, 0.1) is 0 Å². The molecule has 0 heterocycles. The van der Waals surface area contributed by atoms with Crippen LogP contribution in [-0.2, 0) is 0 Å². The molecule has 1 nitrogen and oxygen atoms in total. The molecule has 2 rings (SSSR count). The lowest BCUT2D eigenvalue weighted by Gasteiger charge is -2.31. The molecule has 1 unspecified atom stereocenters. The lowest BCUT2D eigenvalue weighted by molar-refractivity contribution is 0.703. The molecule has 0 aliphatic rings. The maximum absolute atomic E-state index is 3.77. The molecule has 0 radical (unpaired) electrons. The minimum Gasteiger partial charge on any atom is -0.289 e. The molecule has 0 aliphatic heterocycles. The van der Waals surface area contributed by atoms with Gasteiger partial charge in [-0.1, -0.05) is 57.2 Å². The van der Waals surface area contributed by atoms with E-state index in [1.165, 1.54) is 16.3 Å². The molecule has 0 saturated heterocycles. The second-order valence-electron chi connectivity index (χ2n) is 6.19. The van der Waals surface area contributed by atoms with E-state index >= 15 is 0 Å². The van der Waals surface area contributed by atoms with E-state index in [4.69, 9.17) is 0 Å². The van der Waals surface area contributed by atoms with Crippen LogP contribution in [-0.4, -0.2) is 11.8 Å². The second-order valence-corrected chi connectivity index (χ2v) is 8.91. The van der Waals surface area contributed by atoms with Crippen LogP contribution in [0.3, 0.4) is 0 Å². The molecule has 2 aromatic rings. The van der Waals surface area contributed by atoms with Gasteiger partial charge in [-0.25, -0.2) is 0 Å². The molecule has 2 atom stereocenters. The average Bonchev–Trinajstić information content (AvgIpc) is 2.37. The van der Waals surface area contributed by atoms with E-state index in [0.717, 1.165) is 0 Å². The molecule has 0 saturated carbocycles. The topological polar surface area (TPSA) is 12.0 Å². The Morgan fingerprint density at radius 2 is 1.63 bits per heavy atom. The summed E-state index contributed by atoms with van der Waals surface area (Å²) in [5, 5.41) is 6.75. The van der Waals surface area contributed by atoms with E-state index in [1.54, 1.807) is 0 Å². The lowest BCUT2D eigenvalue weighted by Crippen LogP contribution is -2.23. The Hall–Kier alpha value is -0.910. The fourth-order valence-corrected chi connectivity index (χ4v) is 3.15. The summed E-state index contributed by atoms with van der Waals surface area (Å²) in [6.07, 6.45) is 0. The first-order chi connectivity index (χ1) is 8.88. The van der Waals surface area contributed by atoms with Crippen LogP contribution in [0.2, 0.25) is 0 Å². The van der Waals surface area contributed by atoms with Gasteiger partial charge in [0.2, 0.25) is 0 Å². The van der Waals surface area contributed by atoms with Crippen molar-refractivity contribution in [1.29, 1.82) is 0 Å². The van der Waals surface area contributed by atoms with Gasteiger partial charge in [0, 0.05) is 6.04 Å². The second kappa shape index (κ2) is 5.61. The number of nitrogens with one attached hydrogen (secondary N) is 1. The van der Waals surface area contributed by atoms with E-state index in [1.807, 2.05) is 0 Å². The van der Waals surface area contributed by atoms with Gasteiger partial charge in [0.25, 0.3) is 0 Å². The molecule has 0 spiro atoms. The van der Waals surface area contributed by atoms with Gasteiger partial charge in [-0.15, -0.1) is 0 Å². The molecule has 2 aromatic carbocycles. The standard InChI is InChI=1S/C17H24NP/c1-13(18-19(5)17(2,3)4)15-11-10-14-8-6-7-9-16(14)12-15/h6-13,18H,1-5H3/t13-,19?/m1/s1. The van der Waals surface area contributed by atoms with Gasteiger partial charge in [0.05, 0.1) is 0 Å². The van der Waals surface area contributed by atoms with E-state index in [2.05, 4.69) is 81.9 Å². The van der Waals surface area contributed by atoms with Crippen molar-refractivity contribution in [3.8, 4) is 0 Å². The summed E-state index contributed by atoms with van der Waals surface area (Å²) in [7, 11) is -0.178. The number of benzene rings is 2. The smallest absolute Gasteiger partial charge is 0.0328 e. The van der Waals surface area contributed by atoms with Gasteiger partial charge in [-0.3, -0.25) is 5.09 Å². The zero-order chi connectivity index (χ0) is 14.0. The van der Waals surface area contributed by atoms with Gasteiger partial charge < -0.3 is 0 Å². The maximum atomic E-state index is 3.77. The number of hydrogen-bond donors (Lipinski definition) is 1. The van der Waals surface area contributed by atoms with Crippen molar-refractivity contribution in [2.75, 3.05) is 6.66 Å². The van der Waals surface area contributed by atoms with E-state index < -0.39 is 0 Å². The van der Waals surface area contributed by atoms with Crippen molar-refractivity contribution < 1.29 is 0 Å². The summed E-state index contributed by atoms with van der Waals surface area (Å²) in [5.74, 6) is 0. The Balaban J connectivity index is 2.19. The number of rotatable bonds is 3. The molecule has 0 aliphatic carbocycles. The molecular formula is C17H24NP. The Kier molecular flexibility index (Phi) is 4.28. The number of fused-ring (bicyclic) bond motifs is 1. The summed E-state index contributed by atoms with van der Waals surface area (Å²) in [6, 6.07) is 15.7. The van der Waals surface area contributed by atoms with Gasteiger partial charge >= 0.3 is 0 Å². The SMILES string of the molecule is C[C@@H](NP(C)C(C)(C)C)c1ccc2ccccc2c1. The van der Waals surface area contributed by atoms with E-state index in [9.17, 15) is 0 Å². The largest absolute Gasteiger partial charge is 0.289 e. The molecule has 19 heavy (non-hydrogen) atoms. The molecule has 0 bridgehead atoms. The lowest BCUT2D eigenvalue weighted by atomic mass is 10.0. The van der Waals surface area contributed by atoms with Crippen molar-refractivity contribution in [2.24, 2.45) is 0 Å². The van der Waals surface area contributed by atoms with Crippen LogP contribution in [0.5, 0.6) is 0 Å². The highest BCUT2D eigenvalue weighted by Gasteiger charge is 2.21. The molecule has 0 fully saturated rings. The number of hydrogen-bond acceptors (Lipinski definition) is 1. The van der Waals surface area contributed by atoms with Crippen LogP contribution >= 0.6 is 8.07 Å². The van der Waals surface area contributed by atoms with E-state index in [-0.39, 0.29) is 8.07 Å². The van der Waals surface area contributed by atoms with Gasteiger partial charge in [-0.2, -0.15) is 0 Å². The normalized spacial score (nSPS) is 15.4. The summed E-state index contributed by atoms with van der Waals surface area (Å²) >= 11 is 0. The van der Waals surface area contributed by atoms with Crippen LogP contribution in [0.1, 0.15) is 39.3 Å². The van der Waals surface area contributed by atoms with Crippen molar-refractivity contribution in [2.45, 2.75) is 38.9 Å². The van der Waals surface area contributed by atoms with Crippen LogP contribution in [0.4, 0.5) is 0 Å². The zero-order valence-electron chi connectivity index (χ0n) is 12.6. The quantitative estimate of drug-likeness (QED) is 0.747. The minimum atomic E-state index is -0.178. The van der Waals surface area contributed by atoms with Crippen LogP contribution in [0.25, 0.3) is 10.8 Å². The first-order valence-corrected chi connectivity index (χ1v) is 8.65. The van der Waals surface area contributed by atoms with Crippen molar-refractivity contribution >= 4 is 18.8 Å². The summed E-state index contributed by atoms with van der Waals surface area (Å²) in [6.45, 7) is 11.5. The molecule has 0 amide bonds. The molecular weight excluding hydrogens is 249 g/mol. The van der Waals surface area contributed by atoms with E-state index in [0.29, 0.717) is 11.2 Å². The molecule has 2 heteroatoms. The Labute approximate surface area is 118 Å². The Morgan fingerprint density at radius 1 is 1.00 bits per heavy atom. The third kappa shape index (κ3) is 3.55. The molecule has 0 aromatic heterocycles. The Bertz CT molecular complexity index is 556. The van der Waals surface area contributed by atoms with Crippen molar-refractivity contribution in [3.05, 3.63) is 48.0 Å². The monoisotopic (exact) mass is 273 g/mol. The average molecular weight is 273 g/mol. The van der Waals surface area contributed by atoms with Crippen molar-refractivity contribution in [1.82, 2.24) is 5.09 Å². The summed E-state index contributed by atoms with van der Waals surface area (Å²) in [4.78, 5) is 0. The van der Waals surface area contributed by atoms with Crippen molar-refractivity contribution in [3.63, 3.8) is 0 Å². The fourth-order valence-electron chi connectivity index (χ4n) is 2.04.